The summed E-state index contributed by atoms with van der Waals surface area (Å²) >= 11 is 0. The Hall–Kier alpha value is 0.200. The van der Waals surface area contributed by atoms with Gasteiger partial charge in [0.1, 0.15) is 0 Å². The summed E-state index contributed by atoms with van der Waals surface area (Å²) in [4.78, 5) is 0. The molecule has 0 amide bonds. The second-order valence-corrected chi connectivity index (χ2v) is 6.94. The van der Waals surface area contributed by atoms with Crippen LogP contribution in [0.1, 0.15) is 26.2 Å². The first kappa shape index (κ1) is 12.3. The molecule has 0 spiro atoms. The predicted molar refractivity (Wildman–Crippen MR) is 57.0 cm³/mol. The number of hydrogen-bond acceptors (Lipinski definition) is 3. The second kappa shape index (κ2) is 5.33. The summed E-state index contributed by atoms with van der Waals surface area (Å²) in [5.41, 5.74) is 0. The Bertz CT molecular complexity index is 259. The lowest BCUT2D eigenvalue weighted by Crippen LogP contribution is -2.15. The lowest BCUT2D eigenvalue weighted by molar-refractivity contribution is 0.105. The van der Waals surface area contributed by atoms with Crippen LogP contribution in [0.5, 0.6) is 0 Å². The second-order valence-electron chi connectivity index (χ2n) is 4.12. The van der Waals surface area contributed by atoms with E-state index in [1.165, 1.54) is 12.8 Å². The van der Waals surface area contributed by atoms with Crippen molar-refractivity contribution >= 4 is 19.7 Å². The Balaban J connectivity index is 1.99. The lowest BCUT2D eigenvalue weighted by atomic mass is 10.2. The maximum Gasteiger partial charge on any atom is 0.232 e. The van der Waals surface area contributed by atoms with Crippen LogP contribution >= 0.6 is 10.7 Å². The minimum absolute atomic E-state index is 0.00200. The van der Waals surface area contributed by atoms with Gasteiger partial charge in [-0.05, 0) is 18.3 Å². The van der Waals surface area contributed by atoms with Crippen LogP contribution in [-0.2, 0) is 13.8 Å². The van der Waals surface area contributed by atoms with Crippen molar-refractivity contribution in [1.29, 1.82) is 0 Å². The molecular formula is C9H17ClO3S. The lowest BCUT2D eigenvalue weighted by Gasteiger charge is -2.09. The smallest absolute Gasteiger partial charge is 0.232 e. The van der Waals surface area contributed by atoms with Gasteiger partial charge in [0, 0.05) is 17.3 Å². The fourth-order valence-corrected chi connectivity index (χ4v) is 2.75. The van der Waals surface area contributed by atoms with Gasteiger partial charge in [0.05, 0.1) is 12.4 Å². The van der Waals surface area contributed by atoms with Crippen molar-refractivity contribution in [3.8, 4) is 0 Å². The molecule has 1 fully saturated rings. The summed E-state index contributed by atoms with van der Waals surface area (Å²) in [5, 5.41) is 0. The van der Waals surface area contributed by atoms with Crippen molar-refractivity contribution in [2.24, 2.45) is 11.8 Å². The van der Waals surface area contributed by atoms with Crippen LogP contribution in [0.3, 0.4) is 0 Å². The average molecular weight is 241 g/mol. The minimum atomic E-state index is -3.37. The molecule has 3 nitrogen and oxygen atoms in total. The highest BCUT2D eigenvalue weighted by Crippen LogP contribution is 2.32. The zero-order chi connectivity index (χ0) is 10.6. The van der Waals surface area contributed by atoms with Crippen LogP contribution in [-0.4, -0.2) is 27.4 Å². The van der Waals surface area contributed by atoms with E-state index in [1.807, 2.05) is 6.92 Å². The maximum atomic E-state index is 10.7. The topological polar surface area (TPSA) is 43.4 Å². The Labute approximate surface area is 90.2 Å². The summed E-state index contributed by atoms with van der Waals surface area (Å²) in [7, 11) is 1.75. The fraction of sp³-hybridized carbons (Fsp3) is 1.00. The molecule has 0 aromatic carbocycles. The molecule has 0 aromatic rings. The van der Waals surface area contributed by atoms with Gasteiger partial charge in [-0.1, -0.05) is 19.8 Å². The van der Waals surface area contributed by atoms with Crippen LogP contribution < -0.4 is 0 Å². The number of hydrogen-bond donors (Lipinski definition) is 0. The Morgan fingerprint density at radius 1 is 1.50 bits per heavy atom. The molecule has 0 bridgehead atoms. The maximum absolute atomic E-state index is 10.7. The predicted octanol–water partition coefficient (Wildman–Crippen LogP) is 2.01. The first-order chi connectivity index (χ1) is 6.47. The highest BCUT2D eigenvalue weighted by Gasteiger charge is 2.20. The van der Waals surface area contributed by atoms with E-state index in [1.54, 1.807) is 0 Å². The van der Waals surface area contributed by atoms with Gasteiger partial charge < -0.3 is 4.74 Å². The zero-order valence-corrected chi connectivity index (χ0v) is 9.98. The number of ether oxygens (including phenoxy) is 1. The van der Waals surface area contributed by atoms with Crippen LogP contribution in [0, 0.1) is 11.8 Å². The van der Waals surface area contributed by atoms with Crippen LogP contribution in [0.4, 0.5) is 0 Å². The third-order valence-electron chi connectivity index (χ3n) is 2.25. The van der Waals surface area contributed by atoms with E-state index in [4.69, 9.17) is 15.4 Å². The molecule has 5 heteroatoms. The van der Waals surface area contributed by atoms with Gasteiger partial charge in [-0.3, -0.25) is 0 Å². The van der Waals surface area contributed by atoms with E-state index in [0.717, 1.165) is 18.9 Å². The summed E-state index contributed by atoms with van der Waals surface area (Å²) < 4.78 is 26.8. The summed E-state index contributed by atoms with van der Waals surface area (Å²) in [5.74, 6) is 0.844. The third-order valence-corrected chi connectivity index (χ3v) is 3.60. The largest absolute Gasteiger partial charge is 0.381 e. The minimum Gasteiger partial charge on any atom is -0.381 e. The standard InChI is InChI=1S/C9H17ClO3S/c1-8(7-14(10,11)12)6-13-5-4-9-2-3-9/h8-9H,2-7H2,1H3. The average Bonchev–Trinajstić information content (AvgIpc) is 2.77. The molecule has 0 aliphatic heterocycles. The molecule has 1 rings (SSSR count). The number of rotatable bonds is 7. The SMILES string of the molecule is CC(COCCC1CC1)CS(=O)(=O)Cl. The Morgan fingerprint density at radius 2 is 2.14 bits per heavy atom. The first-order valence-electron chi connectivity index (χ1n) is 4.97. The van der Waals surface area contributed by atoms with E-state index in [-0.39, 0.29) is 11.7 Å². The molecule has 1 saturated carbocycles. The first-order valence-corrected chi connectivity index (χ1v) is 7.45. The molecule has 1 unspecified atom stereocenters. The Morgan fingerprint density at radius 3 is 2.64 bits per heavy atom. The fourth-order valence-electron chi connectivity index (χ4n) is 1.33. The van der Waals surface area contributed by atoms with Crippen molar-refractivity contribution in [3.63, 3.8) is 0 Å². The molecule has 1 aliphatic carbocycles. The van der Waals surface area contributed by atoms with Gasteiger partial charge in [0.2, 0.25) is 9.05 Å². The number of halogens is 1. The molecule has 0 aromatic heterocycles. The van der Waals surface area contributed by atoms with Gasteiger partial charge >= 0.3 is 0 Å². The van der Waals surface area contributed by atoms with Gasteiger partial charge in [0.25, 0.3) is 0 Å². The van der Waals surface area contributed by atoms with E-state index in [0.29, 0.717) is 6.61 Å². The third kappa shape index (κ3) is 6.62. The normalized spacial score (nSPS) is 19.6. The van der Waals surface area contributed by atoms with Crippen molar-refractivity contribution in [2.45, 2.75) is 26.2 Å². The van der Waals surface area contributed by atoms with Gasteiger partial charge in [-0.15, -0.1) is 0 Å². The van der Waals surface area contributed by atoms with Crippen molar-refractivity contribution < 1.29 is 13.2 Å². The van der Waals surface area contributed by atoms with E-state index >= 15 is 0 Å². The molecule has 0 radical (unpaired) electrons. The molecule has 0 heterocycles. The van der Waals surface area contributed by atoms with Crippen LogP contribution in [0.2, 0.25) is 0 Å². The van der Waals surface area contributed by atoms with Gasteiger partial charge in [0.15, 0.2) is 0 Å². The van der Waals surface area contributed by atoms with E-state index in [9.17, 15) is 8.42 Å². The summed E-state index contributed by atoms with van der Waals surface area (Å²) in [6, 6.07) is 0. The monoisotopic (exact) mass is 240 g/mol. The summed E-state index contributed by atoms with van der Waals surface area (Å²) in [6.07, 6.45) is 3.77. The molecule has 0 saturated heterocycles. The highest BCUT2D eigenvalue weighted by molar-refractivity contribution is 8.13. The van der Waals surface area contributed by atoms with Crippen LogP contribution in [0.25, 0.3) is 0 Å². The molecular weight excluding hydrogens is 224 g/mol. The molecule has 1 atom stereocenters. The highest BCUT2D eigenvalue weighted by atomic mass is 35.7. The molecule has 1 aliphatic rings. The quantitative estimate of drug-likeness (QED) is 0.505. The van der Waals surface area contributed by atoms with Crippen molar-refractivity contribution in [2.75, 3.05) is 19.0 Å². The zero-order valence-electron chi connectivity index (χ0n) is 8.41. The molecule has 84 valence electrons. The summed E-state index contributed by atoms with van der Waals surface area (Å²) in [6.45, 7) is 3.06. The molecule has 0 N–H and O–H groups in total. The van der Waals surface area contributed by atoms with Gasteiger partial charge in [-0.2, -0.15) is 0 Å². The van der Waals surface area contributed by atoms with E-state index in [2.05, 4.69) is 0 Å². The Kier molecular flexibility index (Phi) is 4.67. The van der Waals surface area contributed by atoms with Crippen molar-refractivity contribution in [3.05, 3.63) is 0 Å². The molecule has 14 heavy (non-hydrogen) atoms. The van der Waals surface area contributed by atoms with Gasteiger partial charge in [-0.25, -0.2) is 8.42 Å². The van der Waals surface area contributed by atoms with E-state index < -0.39 is 9.05 Å². The van der Waals surface area contributed by atoms with Crippen LogP contribution in [0.15, 0.2) is 0 Å². The van der Waals surface area contributed by atoms with Crippen molar-refractivity contribution in [1.82, 2.24) is 0 Å².